The van der Waals surface area contributed by atoms with Crippen LogP contribution >= 0.6 is 0 Å². The van der Waals surface area contributed by atoms with E-state index in [9.17, 15) is 81.1 Å². The van der Waals surface area contributed by atoms with Crippen molar-refractivity contribution in [1.82, 2.24) is 15.6 Å². The quantitative estimate of drug-likeness (QED) is 0.129. The van der Waals surface area contributed by atoms with E-state index >= 15 is 0 Å². The number of esters is 1. The van der Waals surface area contributed by atoms with Gasteiger partial charge < -0.3 is 106 Å². The maximum absolute atomic E-state index is 14.2. The summed E-state index contributed by atoms with van der Waals surface area (Å²) in [5, 5.41) is 160. The molecule has 0 spiro atoms. The smallest absolute Gasteiger partial charge is 0.308 e. The third-order valence-electron chi connectivity index (χ3n) is 15.7. The highest BCUT2D eigenvalue weighted by atomic mass is 16.7. The molecule has 1 aromatic rings. The van der Waals surface area contributed by atoms with Crippen molar-refractivity contribution >= 4 is 11.9 Å². The fourth-order valence-electron chi connectivity index (χ4n) is 10.5. The zero-order valence-corrected chi connectivity index (χ0v) is 48.1. The Morgan fingerprint density at radius 1 is 0.679 bits per heavy atom. The standard InChI is InChI=1S/C60H91N3O21/c1-35-19-15-13-11-9-7-5-6-8-10-12-14-16-21-43(83-58-55(75)51(53(73)38(4)82-58)63-34-60(79)56(76)54(74)47(70)33-80-60)30-48-50(57(77)62-26-24-39-20-17-18-25-61-39)46(69)32-59(78,84-48)31-42(66)28-45(68)44(67)23-22-40(64)27-41(65)29-49(71)81-37(3)36(2)52(35)72/h5-21,25,35-38,40-48,50-56,58,63-70,72-76,78-79H,22-24,26-34H2,1-4H3,(H,62,77)/t35-,36?,37-,38+,40+,41+,42-,43-,44+,45+,46-,47+,48?,50?,51-,52+,53+,54+,55-,56-,58?,59+,60+/m0/s1. The predicted octanol–water partition coefficient (Wildman–Crippen LogP) is -1.19. The van der Waals surface area contributed by atoms with E-state index in [1.165, 1.54) is 13.0 Å². The molecule has 472 valence electrons. The van der Waals surface area contributed by atoms with Gasteiger partial charge in [-0.05, 0) is 45.2 Å². The molecule has 23 atom stereocenters. The number of hydrogen-bond donors (Lipinski definition) is 16. The summed E-state index contributed by atoms with van der Waals surface area (Å²) in [7, 11) is 0. The van der Waals surface area contributed by atoms with Crippen molar-refractivity contribution in [3.8, 4) is 0 Å². The lowest BCUT2D eigenvalue weighted by molar-refractivity contribution is -0.323. The van der Waals surface area contributed by atoms with Crippen LogP contribution in [-0.2, 0) is 39.7 Å². The lowest BCUT2D eigenvalue weighted by atomic mass is 9.82. The van der Waals surface area contributed by atoms with Crippen LogP contribution in [0.5, 0.6) is 0 Å². The number of fused-ring (bicyclic) bond motifs is 2. The van der Waals surface area contributed by atoms with Gasteiger partial charge in [0.15, 0.2) is 12.1 Å². The number of allylic oxidation sites excluding steroid dienone is 12. The Kier molecular flexibility index (Phi) is 28.6. The van der Waals surface area contributed by atoms with Crippen LogP contribution in [0.2, 0.25) is 0 Å². The fraction of sp³-hybridized carbons (Fsp3) is 0.650. The van der Waals surface area contributed by atoms with Crippen molar-refractivity contribution < 1.29 is 105 Å². The molecule has 4 unspecified atom stereocenters. The average Bonchev–Trinajstić information content (AvgIpc) is 1.75. The molecular formula is C60H91N3O21. The lowest BCUT2D eigenvalue weighted by Crippen LogP contribution is -2.69. The van der Waals surface area contributed by atoms with E-state index in [4.69, 9.17) is 23.7 Å². The summed E-state index contributed by atoms with van der Waals surface area (Å²) in [6.45, 7) is 5.54. The number of pyridine rings is 1. The van der Waals surface area contributed by atoms with E-state index in [0.29, 0.717) is 12.1 Å². The first-order valence-corrected chi connectivity index (χ1v) is 28.8. The highest BCUT2D eigenvalue weighted by Crippen LogP contribution is 2.38. The molecule has 1 amide bonds. The van der Waals surface area contributed by atoms with Crippen LogP contribution in [0.3, 0.4) is 0 Å². The summed E-state index contributed by atoms with van der Waals surface area (Å²) in [6.07, 6.45) is -1.43. The molecule has 24 nitrogen and oxygen atoms in total. The van der Waals surface area contributed by atoms with Gasteiger partial charge in [0, 0.05) is 62.4 Å². The number of amides is 1. The number of ether oxygens (including phenoxy) is 5. The number of hydrogen-bond acceptors (Lipinski definition) is 23. The summed E-state index contributed by atoms with van der Waals surface area (Å²) in [4.78, 5) is 31.2. The zero-order chi connectivity index (χ0) is 61.7. The van der Waals surface area contributed by atoms with Gasteiger partial charge in [-0.15, -0.1) is 0 Å². The normalized spacial score (nSPS) is 40.7. The Balaban J connectivity index is 1.43. The van der Waals surface area contributed by atoms with Crippen LogP contribution in [0.1, 0.15) is 84.8 Å². The minimum absolute atomic E-state index is 0.0809. The molecule has 0 aromatic carbocycles. The van der Waals surface area contributed by atoms with Crippen LogP contribution in [0.4, 0.5) is 0 Å². The molecule has 1 aromatic heterocycles. The number of nitrogens with zero attached hydrogens (tertiary/aromatic N) is 1. The van der Waals surface area contributed by atoms with E-state index < -0.39 is 184 Å². The predicted molar refractivity (Wildman–Crippen MR) is 303 cm³/mol. The molecule has 3 saturated heterocycles. The van der Waals surface area contributed by atoms with E-state index in [2.05, 4.69) is 15.6 Å². The molecular weight excluding hydrogens is 1100 g/mol. The first-order chi connectivity index (χ1) is 39.8. The maximum Gasteiger partial charge on any atom is 0.308 e. The fourth-order valence-corrected chi connectivity index (χ4v) is 10.5. The van der Waals surface area contributed by atoms with Crippen LogP contribution < -0.4 is 10.6 Å². The number of aliphatic hydroxyl groups excluding tert-OH is 12. The lowest BCUT2D eigenvalue weighted by Gasteiger charge is -2.47. The number of carbonyl (C=O) groups excluding carboxylic acids is 2. The minimum Gasteiger partial charge on any atom is -0.462 e. The zero-order valence-electron chi connectivity index (χ0n) is 48.1. The van der Waals surface area contributed by atoms with Gasteiger partial charge in [0.1, 0.15) is 30.5 Å². The van der Waals surface area contributed by atoms with Crippen molar-refractivity contribution in [1.29, 1.82) is 0 Å². The maximum atomic E-state index is 14.2. The Morgan fingerprint density at radius 3 is 1.96 bits per heavy atom. The molecule has 4 aliphatic heterocycles. The van der Waals surface area contributed by atoms with Crippen molar-refractivity contribution in [3.63, 3.8) is 0 Å². The van der Waals surface area contributed by atoms with Gasteiger partial charge in [0.25, 0.3) is 0 Å². The van der Waals surface area contributed by atoms with Gasteiger partial charge in [-0.3, -0.25) is 14.6 Å². The second-order valence-electron chi connectivity index (χ2n) is 22.6. The molecule has 2 bridgehead atoms. The molecule has 0 saturated carbocycles. The molecule has 16 N–H and O–H groups in total. The number of rotatable bonds is 9. The number of cyclic esters (lactones) is 1. The summed E-state index contributed by atoms with van der Waals surface area (Å²) in [6, 6.07) is 3.93. The van der Waals surface area contributed by atoms with Crippen molar-refractivity contribution in [2.75, 3.05) is 19.7 Å². The second-order valence-corrected chi connectivity index (χ2v) is 22.6. The first-order valence-electron chi connectivity index (χ1n) is 28.8. The van der Waals surface area contributed by atoms with E-state index in [-0.39, 0.29) is 38.1 Å². The van der Waals surface area contributed by atoms with Crippen molar-refractivity contribution in [3.05, 3.63) is 115 Å². The van der Waals surface area contributed by atoms with Crippen LogP contribution in [0, 0.1) is 17.8 Å². The number of carbonyl (C=O) groups is 2. The number of aliphatic hydroxyl groups is 14. The minimum atomic E-state index is -2.47. The Hall–Kier alpha value is -4.49. The molecule has 3 fully saturated rings. The topological polar surface area (TPSA) is 400 Å². The van der Waals surface area contributed by atoms with Gasteiger partial charge in [-0.2, -0.15) is 0 Å². The van der Waals surface area contributed by atoms with Crippen molar-refractivity contribution in [2.24, 2.45) is 17.8 Å². The summed E-state index contributed by atoms with van der Waals surface area (Å²) >= 11 is 0. The molecule has 0 aliphatic carbocycles. The summed E-state index contributed by atoms with van der Waals surface area (Å²) in [5.74, 6) is -8.47. The Morgan fingerprint density at radius 2 is 1.32 bits per heavy atom. The monoisotopic (exact) mass is 1190 g/mol. The van der Waals surface area contributed by atoms with Crippen LogP contribution in [-0.4, -0.2) is 230 Å². The SMILES string of the molecule is CC1[C@H](C)OC(=O)C[C@H](O)C[C@H](O)CC[C@@H](O)[C@H](O)C[C@H](O)C[C@]2(O)C[C@H](O)C(C(=O)NCCc3ccccn3)C(C[C@@H](OC3O[C@H](C)[C@@H](O)[C@H](NC[C@@]4(O)OC[C@@H](O)[C@@H](O)[C@@H]4O)[C@@H]3O)C=CC=CC=CC=CC=CC=CC=C[C@H](C)[C@H]1O)O2. The number of nitrogens with one attached hydrogen (secondary N) is 2. The third kappa shape index (κ3) is 21.7. The molecule has 84 heavy (non-hydrogen) atoms. The van der Waals surface area contributed by atoms with Gasteiger partial charge in [0.05, 0.1) is 98.7 Å². The molecule has 0 radical (unpaired) electrons. The molecule has 5 heterocycles. The van der Waals surface area contributed by atoms with Gasteiger partial charge in [-0.1, -0.05) is 105 Å². The second kappa shape index (κ2) is 34.2. The van der Waals surface area contributed by atoms with E-state index in [1.807, 2.05) is 13.0 Å². The van der Waals surface area contributed by atoms with E-state index in [1.54, 1.807) is 111 Å². The largest absolute Gasteiger partial charge is 0.462 e. The molecule has 5 rings (SSSR count). The van der Waals surface area contributed by atoms with E-state index in [0.717, 1.165) is 0 Å². The Bertz CT molecular complexity index is 2360. The van der Waals surface area contributed by atoms with Crippen molar-refractivity contribution in [2.45, 2.75) is 207 Å². The van der Waals surface area contributed by atoms with Gasteiger partial charge >= 0.3 is 5.97 Å². The highest BCUT2D eigenvalue weighted by Gasteiger charge is 2.53. The third-order valence-corrected chi connectivity index (χ3v) is 15.7. The van der Waals surface area contributed by atoms with Crippen LogP contribution in [0.15, 0.2) is 109 Å². The molecule has 4 aliphatic rings. The van der Waals surface area contributed by atoms with Crippen LogP contribution in [0.25, 0.3) is 0 Å². The molecule has 24 heteroatoms. The number of aromatic nitrogens is 1. The highest BCUT2D eigenvalue weighted by molar-refractivity contribution is 5.80. The average molecular weight is 1190 g/mol. The van der Waals surface area contributed by atoms with Gasteiger partial charge in [0.2, 0.25) is 11.7 Å². The van der Waals surface area contributed by atoms with Gasteiger partial charge in [-0.25, -0.2) is 0 Å². The first kappa shape index (κ1) is 70.3. The Labute approximate surface area is 490 Å². The summed E-state index contributed by atoms with van der Waals surface area (Å²) < 4.78 is 29.5. The summed E-state index contributed by atoms with van der Waals surface area (Å²) in [5.41, 5.74) is 0.666.